The molecule has 1 amide bonds. The number of carbonyl (C=O) groups is 1. The van der Waals surface area contributed by atoms with Gasteiger partial charge in [0.05, 0.1) is 26.4 Å². The summed E-state index contributed by atoms with van der Waals surface area (Å²) in [6, 6.07) is 8.63. The first-order valence-electron chi connectivity index (χ1n) is 9.22. The van der Waals surface area contributed by atoms with E-state index in [-0.39, 0.29) is 11.9 Å². The van der Waals surface area contributed by atoms with Crippen LogP contribution in [0.4, 0.5) is 0 Å². The third-order valence-electron chi connectivity index (χ3n) is 5.07. The fourth-order valence-electron chi connectivity index (χ4n) is 3.61. The Bertz CT molecular complexity index is 537. The van der Waals surface area contributed by atoms with Gasteiger partial charge in [-0.3, -0.25) is 9.69 Å². The normalized spacial score (nSPS) is 22.5. The number of morpholine rings is 1. The number of benzene rings is 1. The van der Waals surface area contributed by atoms with Crippen LogP contribution in [0.15, 0.2) is 24.3 Å². The maximum absolute atomic E-state index is 12.3. The maximum Gasteiger partial charge on any atom is 0.221 e. The van der Waals surface area contributed by atoms with Crippen molar-refractivity contribution < 1.29 is 14.3 Å². The summed E-state index contributed by atoms with van der Waals surface area (Å²) in [6.45, 7) is 4.91. The van der Waals surface area contributed by atoms with Crippen molar-refractivity contribution in [3.8, 4) is 5.75 Å². The number of nitrogens with zero attached hydrogens (tertiary/aromatic N) is 1. The molecule has 2 unspecified atom stereocenters. The van der Waals surface area contributed by atoms with Gasteiger partial charge in [-0.15, -0.1) is 0 Å². The van der Waals surface area contributed by atoms with Gasteiger partial charge < -0.3 is 20.1 Å². The molecule has 0 aliphatic carbocycles. The smallest absolute Gasteiger partial charge is 0.221 e. The van der Waals surface area contributed by atoms with Crippen LogP contribution in [0.5, 0.6) is 5.75 Å². The summed E-state index contributed by atoms with van der Waals surface area (Å²) in [5.74, 6) is 0.979. The average Bonchev–Trinajstić information content (AvgIpc) is 3.16. The molecule has 1 aromatic rings. The van der Waals surface area contributed by atoms with Gasteiger partial charge in [0.1, 0.15) is 5.75 Å². The average molecular weight is 347 g/mol. The van der Waals surface area contributed by atoms with Crippen molar-refractivity contribution in [1.29, 1.82) is 0 Å². The van der Waals surface area contributed by atoms with E-state index in [2.05, 4.69) is 27.7 Å². The lowest BCUT2D eigenvalue weighted by Crippen LogP contribution is -2.44. The Morgan fingerprint density at radius 1 is 1.36 bits per heavy atom. The third-order valence-corrected chi connectivity index (χ3v) is 5.07. The summed E-state index contributed by atoms with van der Waals surface area (Å²) in [5, 5.41) is 6.52. The van der Waals surface area contributed by atoms with Crippen molar-refractivity contribution in [1.82, 2.24) is 15.5 Å². The number of hydrogen-bond donors (Lipinski definition) is 2. The largest absolute Gasteiger partial charge is 0.497 e. The van der Waals surface area contributed by atoms with E-state index < -0.39 is 0 Å². The Labute approximate surface area is 149 Å². The molecular weight excluding hydrogens is 318 g/mol. The SMILES string of the molecule is COc1ccc(C(CNC(=O)CC2CCCN2)N2CCOCC2)cc1. The van der Waals surface area contributed by atoms with Crippen molar-refractivity contribution in [3.63, 3.8) is 0 Å². The summed E-state index contributed by atoms with van der Waals surface area (Å²) in [6.07, 6.45) is 2.83. The Balaban J connectivity index is 1.61. The van der Waals surface area contributed by atoms with Crippen LogP contribution < -0.4 is 15.4 Å². The molecule has 2 aliphatic heterocycles. The molecule has 138 valence electrons. The van der Waals surface area contributed by atoms with Crippen LogP contribution in [0.2, 0.25) is 0 Å². The minimum atomic E-state index is 0.131. The predicted molar refractivity (Wildman–Crippen MR) is 96.8 cm³/mol. The van der Waals surface area contributed by atoms with E-state index in [0.717, 1.165) is 45.0 Å². The fourth-order valence-corrected chi connectivity index (χ4v) is 3.61. The monoisotopic (exact) mass is 347 g/mol. The fraction of sp³-hybridized carbons (Fsp3) is 0.632. The van der Waals surface area contributed by atoms with E-state index >= 15 is 0 Å². The molecule has 0 saturated carbocycles. The topological polar surface area (TPSA) is 62.8 Å². The number of carbonyl (C=O) groups excluding carboxylic acids is 1. The lowest BCUT2D eigenvalue weighted by Gasteiger charge is -2.35. The van der Waals surface area contributed by atoms with Gasteiger partial charge in [0, 0.05) is 32.1 Å². The molecular formula is C19H29N3O3. The standard InChI is InChI=1S/C19H29N3O3/c1-24-17-6-4-15(5-7-17)18(22-9-11-25-12-10-22)14-21-19(23)13-16-3-2-8-20-16/h4-7,16,18,20H,2-3,8-14H2,1H3,(H,21,23). The highest BCUT2D eigenvalue weighted by atomic mass is 16.5. The molecule has 25 heavy (non-hydrogen) atoms. The molecule has 2 fully saturated rings. The highest BCUT2D eigenvalue weighted by molar-refractivity contribution is 5.76. The van der Waals surface area contributed by atoms with Gasteiger partial charge in [0.2, 0.25) is 5.91 Å². The number of ether oxygens (including phenoxy) is 2. The molecule has 6 nitrogen and oxygen atoms in total. The Kier molecular flexibility index (Phi) is 6.67. The van der Waals surface area contributed by atoms with Gasteiger partial charge >= 0.3 is 0 Å². The summed E-state index contributed by atoms with van der Waals surface area (Å²) in [5.41, 5.74) is 1.20. The maximum atomic E-state index is 12.3. The molecule has 2 heterocycles. The number of rotatable bonds is 7. The number of methoxy groups -OCH3 is 1. The predicted octanol–water partition coefficient (Wildman–Crippen LogP) is 1.33. The van der Waals surface area contributed by atoms with Gasteiger partial charge in [-0.25, -0.2) is 0 Å². The molecule has 2 saturated heterocycles. The van der Waals surface area contributed by atoms with Gasteiger partial charge in [-0.05, 0) is 37.1 Å². The van der Waals surface area contributed by atoms with Crippen LogP contribution in [0, 0.1) is 0 Å². The molecule has 1 aromatic carbocycles. The van der Waals surface area contributed by atoms with E-state index in [4.69, 9.17) is 9.47 Å². The lowest BCUT2D eigenvalue weighted by atomic mass is 10.0. The van der Waals surface area contributed by atoms with E-state index in [1.54, 1.807) is 7.11 Å². The molecule has 0 spiro atoms. The summed E-state index contributed by atoms with van der Waals surface area (Å²) >= 11 is 0. The number of nitrogens with one attached hydrogen (secondary N) is 2. The molecule has 2 atom stereocenters. The Hall–Kier alpha value is -1.63. The summed E-state index contributed by atoms with van der Waals surface area (Å²) in [4.78, 5) is 14.7. The lowest BCUT2D eigenvalue weighted by molar-refractivity contribution is -0.121. The Morgan fingerprint density at radius 3 is 2.76 bits per heavy atom. The molecule has 3 rings (SSSR count). The van der Waals surface area contributed by atoms with Crippen LogP contribution in [-0.2, 0) is 9.53 Å². The quantitative estimate of drug-likeness (QED) is 0.779. The second kappa shape index (κ2) is 9.17. The zero-order valence-electron chi connectivity index (χ0n) is 15.0. The zero-order valence-corrected chi connectivity index (χ0v) is 15.0. The molecule has 0 radical (unpaired) electrons. The first-order chi connectivity index (χ1) is 12.3. The third kappa shape index (κ3) is 5.17. The molecule has 2 aliphatic rings. The summed E-state index contributed by atoms with van der Waals surface area (Å²) < 4.78 is 10.7. The molecule has 6 heteroatoms. The first kappa shape index (κ1) is 18.2. The van der Waals surface area contributed by atoms with Crippen molar-refractivity contribution in [3.05, 3.63) is 29.8 Å². The van der Waals surface area contributed by atoms with Gasteiger partial charge in [-0.2, -0.15) is 0 Å². The van der Waals surface area contributed by atoms with Crippen LogP contribution in [0.25, 0.3) is 0 Å². The minimum absolute atomic E-state index is 0.131. The van der Waals surface area contributed by atoms with Crippen molar-refractivity contribution in [2.45, 2.75) is 31.3 Å². The van der Waals surface area contributed by atoms with Crippen molar-refractivity contribution >= 4 is 5.91 Å². The highest BCUT2D eigenvalue weighted by Crippen LogP contribution is 2.23. The molecule has 0 bridgehead atoms. The van der Waals surface area contributed by atoms with E-state index in [1.807, 2.05) is 12.1 Å². The zero-order chi connectivity index (χ0) is 17.5. The van der Waals surface area contributed by atoms with Crippen molar-refractivity contribution in [2.75, 3.05) is 46.5 Å². The minimum Gasteiger partial charge on any atom is -0.497 e. The van der Waals surface area contributed by atoms with Crippen LogP contribution in [-0.4, -0.2) is 63.4 Å². The molecule has 2 N–H and O–H groups in total. The van der Waals surface area contributed by atoms with Crippen LogP contribution in [0.1, 0.15) is 30.9 Å². The van der Waals surface area contributed by atoms with Gasteiger partial charge in [0.25, 0.3) is 0 Å². The van der Waals surface area contributed by atoms with Crippen molar-refractivity contribution in [2.24, 2.45) is 0 Å². The van der Waals surface area contributed by atoms with E-state index in [0.29, 0.717) is 19.0 Å². The number of amides is 1. The summed E-state index contributed by atoms with van der Waals surface area (Å²) in [7, 11) is 1.67. The van der Waals surface area contributed by atoms with Gasteiger partial charge in [0.15, 0.2) is 0 Å². The number of hydrogen-bond acceptors (Lipinski definition) is 5. The van der Waals surface area contributed by atoms with Crippen LogP contribution in [0.3, 0.4) is 0 Å². The second-order valence-electron chi connectivity index (χ2n) is 6.74. The highest BCUT2D eigenvalue weighted by Gasteiger charge is 2.24. The van der Waals surface area contributed by atoms with Gasteiger partial charge in [-0.1, -0.05) is 12.1 Å². The first-order valence-corrected chi connectivity index (χ1v) is 9.22. The van der Waals surface area contributed by atoms with E-state index in [9.17, 15) is 4.79 Å². The van der Waals surface area contributed by atoms with Crippen LogP contribution >= 0.6 is 0 Å². The Morgan fingerprint density at radius 2 is 2.12 bits per heavy atom. The van der Waals surface area contributed by atoms with E-state index in [1.165, 1.54) is 12.0 Å². The second-order valence-corrected chi connectivity index (χ2v) is 6.74. The molecule has 0 aromatic heterocycles.